The predicted molar refractivity (Wildman–Crippen MR) is 56.0 cm³/mol. The fraction of sp³-hybridized carbons (Fsp3) is 0.333. The molecule has 0 aromatic heterocycles. The fourth-order valence-corrected chi connectivity index (χ4v) is 1.83. The van der Waals surface area contributed by atoms with Crippen molar-refractivity contribution in [3.63, 3.8) is 0 Å². The Morgan fingerprint density at radius 1 is 1.13 bits per heavy atom. The SMILES string of the molecule is C(=C1CCOC1)c1ccc2c(c1)OCO2. The van der Waals surface area contributed by atoms with Crippen LogP contribution in [0.2, 0.25) is 0 Å². The van der Waals surface area contributed by atoms with Crippen LogP contribution in [0.3, 0.4) is 0 Å². The Morgan fingerprint density at radius 3 is 2.93 bits per heavy atom. The molecule has 3 rings (SSSR count). The van der Waals surface area contributed by atoms with Crippen LogP contribution in [0.1, 0.15) is 12.0 Å². The van der Waals surface area contributed by atoms with E-state index in [9.17, 15) is 0 Å². The molecule has 0 N–H and O–H groups in total. The minimum Gasteiger partial charge on any atom is -0.454 e. The average Bonchev–Trinajstić information content (AvgIpc) is 2.87. The van der Waals surface area contributed by atoms with E-state index in [0.29, 0.717) is 6.79 Å². The van der Waals surface area contributed by atoms with E-state index >= 15 is 0 Å². The van der Waals surface area contributed by atoms with Crippen molar-refractivity contribution < 1.29 is 14.2 Å². The summed E-state index contributed by atoms with van der Waals surface area (Å²) in [6.07, 6.45) is 3.20. The first-order chi connectivity index (χ1) is 7.42. The first-order valence-electron chi connectivity index (χ1n) is 5.09. The van der Waals surface area contributed by atoms with Gasteiger partial charge in [0.15, 0.2) is 11.5 Å². The zero-order valence-corrected chi connectivity index (χ0v) is 8.36. The highest BCUT2D eigenvalue weighted by Crippen LogP contribution is 2.33. The van der Waals surface area contributed by atoms with Gasteiger partial charge in [-0.2, -0.15) is 0 Å². The Morgan fingerprint density at radius 2 is 2.07 bits per heavy atom. The van der Waals surface area contributed by atoms with Gasteiger partial charge in [-0.15, -0.1) is 0 Å². The van der Waals surface area contributed by atoms with Gasteiger partial charge in [0.1, 0.15) is 0 Å². The molecule has 0 radical (unpaired) electrons. The lowest BCUT2D eigenvalue weighted by Gasteiger charge is -1.99. The molecule has 0 unspecified atom stereocenters. The van der Waals surface area contributed by atoms with Crippen LogP contribution in [0, 0.1) is 0 Å². The summed E-state index contributed by atoms with van der Waals surface area (Å²) in [5, 5.41) is 0. The van der Waals surface area contributed by atoms with Gasteiger partial charge in [-0.25, -0.2) is 0 Å². The van der Waals surface area contributed by atoms with Crippen LogP contribution in [-0.4, -0.2) is 20.0 Å². The molecule has 1 fully saturated rings. The third kappa shape index (κ3) is 1.70. The summed E-state index contributed by atoms with van der Waals surface area (Å²) < 4.78 is 15.9. The molecule has 2 aliphatic heterocycles. The molecule has 0 aliphatic carbocycles. The molecule has 3 nitrogen and oxygen atoms in total. The van der Waals surface area contributed by atoms with Gasteiger partial charge < -0.3 is 14.2 Å². The highest BCUT2D eigenvalue weighted by molar-refractivity contribution is 5.59. The second kappa shape index (κ2) is 3.59. The van der Waals surface area contributed by atoms with Crippen molar-refractivity contribution >= 4 is 6.08 Å². The van der Waals surface area contributed by atoms with Gasteiger partial charge in [0.2, 0.25) is 6.79 Å². The second-order valence-corrected chi connectivity index (χ2v) is 3.72. The molecular formula is C12H12O3. The summed E-state index contributed by atoms with van der Waals surface area (Å²) in [5.74, 6) is 1.67. The highest BCUT2D eigenvalue weighted by atomic mass is 16.7. The van der Waals surface area contributed by atoms with Crippen LogP contribution >= 0.6 is 0 Å². The molecule has 0 saturated carbocycles. The van der Waals surface area contributed by atoms with Gasteiger partial charge in [0, 0.05) is 0 Å². The zero-order valence-electron chi connectivity index (χ0n) is 8.36. The first kappa shape index (κ1) is 8.80. The molecule has 15 heavy (non-hydrogen) atoms. The van der Waals surface area contributed by atoms with Gasteiger partial charge in [-0.05, 0) is 29.7 Å². The van der Waals surface area contributed by atoms with E-state index < -0.39 is 0 Å². The van der Waals surface area contributed by atoms with Crippen molar-refractivity contribution in [1.29, 1.82) is 0 Å². The smallest absolute Gasteiger partial charge is 0.231 e. The van der Waals surface area contributed by atoms with Crippen LogP contribution in [0.5, 0.6) is 11.5 Å². The van der Waals surface area contributed by atoms with E-state index in [1.807, 2.05) is 18.2 Å². The molecule has 3 heteroatoms. The number of benzene rings is 1. The normalized spacial score (nSPS) is 21.2. The van der Waals surface area contributed by atoms with Crippen molar-refractivity contribution in [2.75, 3.05) is 20.0 Å². The van der Waals surface area contributed by atoms with E-state index in [4.69, 9.17) is 14.2 Å². The summed E-state index contributed by atoms with van der Waals surface area (Å²) >= 11 is 0. The largest absolute Gasteiger partial charge is 0.454 e. The average molecular weight is 204 g/mol. The second-order valence-electron chi connectivity index (χ2n) is 3.72. The minimum absolute atomic E-state index is 0.332. The monoisotopic (exact) mass is 204 g/mol. The molecule has 0 amide bonds. The molecule has 1 saturated heterocycles. The van der Waals surface area contributed by atoms with Crippen LogP contribution < -0.4 is 9.47 Å². The summed E-state index contributed by atoms with van der Waals surface area (Å²) in [6, 6.07) is 6.00. The predicted octanol–water partition coefficient (Wildman–Crippen LogP) is 2.22. The fourth-order valence-electron chi connectivity index (χ4n) is 1.83. The van der Waals surface area contributed by atoms with Gasteiger partial charge in [0.05, 0.1) is 13.2 Å². The van der Waals surface area contributed by atoms with Crippen molar-refractivity contribution in [3.05, 3.63) is 29.3 Å². The maximum atomic E-state index is 5.32. The molecule has 2 aliphatic rings. The highest BCUT2D eigenvalue weighted by Gasteiger charge is 2.13. The molecule has 78 valence electrons. The third-order valence-corrected chi connectivity index (χ3v) is 2.62. The molecule has 1 aromatic rings. The van der Waals surface area contributed by atoms with E-state index in [0.717, 1.165) is 36.7 Å². The number of fused-ring (bicyclic) bond motifs is 1. The van der Waals surface area contributed by atoms with Crippen molar-refractivity contribution in [2.24, 2.45) is 0 Å². The Labute approximate surface area is 88.3 Å². The minimum atomic E-state index is 0.332. The van der Waals surface area contributed by atoms with E-state index in [1.165, 1.54) is 5.57 Å². The van der Waals surface area contributed by atoms with E-state index in [1.54, 1.807) is 0 Å². The standard InChI is InChI=1S/C12H12O3/c1-2-11-12(15-8-14-11)6-9(1)5-10-3-4-13-7-10/h1-2,5-6H,3-4,7-8H2. The molecule has 0 spiro atoms. The lowest BCUT2D eigenvalue weighted by atomic mass is 10.1. The topological polar surface area (TPSA) is 27.7 Å². The molecule has 1 aromatic carbocycles. The van der Waals surface area contributed by atoms with Crippen LogP contribution in [0.25, 0.3) is 6.08 Å². The van der Waals surface area contributed by atoms with Crippen LogP contribution in [-0.2, 0) is 4.74 Å². The summed E-state index contributed by atoms with van der Waals surface area (Å²) in [5.41, 5.74) is 2.49. The maximum Gasteiger partial charge on any atom is 0.231 e. The molecule has 0 atom stereocenters. The summed E-state index contributed by atoms with van der Waals surface area (Å²) in [4.78, 5) is 0. The Hall–Kier alpha value is -1.48. The molecule has 0 bridgehead atoms. The zero-order chi connectivity index (χ0) is 10.1. The summed E-state index contributed by atoms with van der Waals surface area (Å²) in [6.45, 7) is 1.93. The first-order valence-corrected chi connectivity index (χ1v) is 5.09. The molecule has 2 heterocycles. The number of hydrogen-bond donors (Lipinski definition) is 0. The van der Waals surface area contributed by atoms with Gasteiger partial charge in [-0.3, -0.25) is 0 Å². The maximum absolute atomic E-state index is 5.32. The quantitative estimate of drug-likeness (QED) is 0.702. The Kier molecular flexibility index (Phi) is 2.10. The van der Waals surface area contributed by atoms with Crippen molar-refractivity contribution in [1.82, 2.24) is 0 Å². The third-order valence-electron chi connectivity index (χ3n) is 2.62. The lowest BCUT2D eigenvalue weighted by molar-refractivity contribution is 0.174. The van der Waals surface area contributed by atoms with Crippen molar-refractivity contribution in [2.45, 2.75) is 6.42 Å². The summed E-state index contributed by atoms with van der Waals surface area (Å²) in [7, 11) is 0. The van der Waals surface area contributed by atoms with Gasteiger partial charge >= 0.3 is 0 Å². The Bertz CT molecular complexity index is 401. The number of rotatable bonds is 1. The van der Waals surface area contributed by atoms with Gasteiger partial charge in [-0.1, -0.05) is 12.1 Å². The number of hydrogen-bond acceptors (Lipinski definition) is 3. The van der Waals surface area contributed by atoms with Crippen molar-refractivity contribution in [3.8, 4) is 11.5 Å². The lowest BCUT2D eigenvalue weighted by Crippen LogP contribution is -1.92. The molecular weight excluding hydrogens is 192 g/mol. The Balaban J connectivity index is 1.89. The van der Waals surface area contributed by atoms with Crippen LogP contribution in [0.4, 0.5) is 0 Å². The van der Waals surface area contributed by atoms with Gasteiger partial charge in [0.25, 0.3) is 0 Å². The van der Waals surface area contributed by atoms with Crippen LogP contribution in [0.15, 0.2) is 23.8 Å². The van der Waals surface area contributed by atoms with E-state index in [2.05, 4.69) is 6.08 Å². The number of ether oxygens (including phenoxy) is 3. The van der Waals surface area contributed by atoms with E-state index in [-0.39, 0.29) is 0 Å².